The number of nitrogens with zero attached hydrogens (tertiary/aromatic N) is 3. The highest BCUT2D eigenvalue weighted by Crippen LogP contribution is 2.42. The van der Waals surface area contributed by atoms with Crippen LogP contribution in [0.25, 0.3) is 10.4 Å². The second-order valence-corrected chi connectivity index (χ2v) is 10.6. The van der Waals surface area contributed by atoms with Crippen molar-refractivity contribution in [3.8, 4) is 10.4 Å². The largest absolute Gasteiger partial charge is 0.379 e. The molecule has 5 rings (SSSR count). The summed E-state index contributed by atoms with van der Waals surface area (Å²) in [5.41, 5.74) is 3.11. The molecule has 0 spiro atoms. The normalized spacial score (nSPS) is 17.6. The topological polar surface area (TPSA) is 52.0 Å². The minimum absolute atomic E-state index is 0.276. The number of halogens is 1. The van der Waals surface area contributed by atoms with Gasteiger partial charge < -0.3 is 10.1 Å². The summed E-state index contributed by atoms with van der Waals surface area (Å²) in [6.45, 7) is 1.46. The first-order valence-electron chi connectivity index (χ1n) is 11.0. The molecule has 0 unspecified atom stereocenters. The van der Waals surface area contributed by atoms with Crippen molar-refractivity contribution in [2.24, 2.45) is 0 Å². The summed E-state index contributed by atoms with van der Waals surface area (Å²) in [5.74, 6) is 0.630. The van der Waals surface area contributed by atoms with Crippen LogP contribution in [0.5, 0.6) is 0 Å². The Morgan fingerprint density at radius 3 is 2.81 bits per heavy atom. The van der Waals surface area contributed by atoms with Gasteiger partial charge in [-0.2, -0.15) is 5.10 Å². The second-order valence-electron chi connectivity index (χ2n) is 8.19. The zero-order valence-corrected chi connectivity index (χ0v) is 19.1. The number of nitrogens with one attached hydrogen (secondary N) is 1. The summed E-state index contributed by atoms with van der Waals surface area (Å²) < 4.78 is 19.6. The molecule has 5 nitrogen and oxygen atoms in total. The lowest BCUT2D eigenvalue weighted by atomic mass is 9.90. The molecule has 2 aromatic heterocycles. The van der Waals surface area contributed by atoms with E-state index in [1.54, 1.807) is 10.9 Å². The van der Waals surface area contributed by atoms with Gasteiger partial charge in [-0.25, -0.2) is 9.37 Å². The fraction of sp³-hybridized carbons (Fsp3) is 0.478. The van der Waals surface area contributed by atoms with Crippen molar-refractivity contribution in [1.29, 1.82) is 0 Å². The molecule has 0 atom stereocenters. The molecule has 0 radical (unpaired) electrons. The molecule has 1 aromatic carbocycles. The molecule has 31 heavy (non-hydrogen) atoms. The van der Waals surface area contributed by atoms with Gasteiger partial charge in [-0.1, -0.05) is 25.3 Å². The number of aromatic nitrogens is 3. The van der Waals surface area contributed by atoms with E-state index in [-0.39, 0.29) is 6.54 Å². The monoisotopic (exact) mass is 458 g/mol. The van der Waals surface area contributed by atoms with Crippen LogP contribution >= 0.6 is 23.1 Å². The summed E-state index contributed by atoms with van der Waals surface area (Å²) in [5, 5.41) is 9.38. The molecule has 0 bridgehead atoms. The first-order chi connectivity index (χ1) is 15.3. The molecule has 1 saturated heterocycles. The Morgan fingerprint density at radius 2 is 2.03 bits per heavy atom. The summed E-state index contributed by atoms with van der Waals surface area (Å²) in [6.07, 6.45) is 12.2. The van der Waals surface area contributed by atoms with E-state index in [1.165, 1.54) is 52.4 Å². The maximum Gasteiger partial charge on any atom is 0.109 e. The van der Waals surface area contributed by atoms with Gasteiger partial charge in [0.25, 0.3) is 0 Å². The van der Waals surface area contributed by atoms with Crippen molar-refractivity contribution >= 4 is 34.5 Å². The van der Waals surface area contributed by atoms with Gasteiger partial charge in [0.05, 0.1) is 46.8 Å². The average Bonchev–Trinajstić information content (AvgIpc) is 3.42. The van der Waals surface area contributed by atoms with Crippen molar-refractivity contribution in [2.45, 2.75) is 54.7 Å². The molecule has 1 aliphatic carbocycles. The first kappa shape index (κ1) is 21.0. The second kappa shape index (κ2) is 9.71. The Kier molecular flexibility index (Phi) is 6.57. The predicted octanol–water partition coefficient (Wildman–Crippen LogP) is 6.26. The molecule has 1 saturated carbocycles. The molecule has 1 N–H and O–H groups in total. The van der Waals surface area contributed by atoms with E-state index in [4.69, 9.17) is 9.72 Å². The lowest BCUT2D eigenvalue weighted by molar-refractivity contribution is 0.0455. The number of ether oxygens (including phenoxy) is 1. The maximum atomic E-state index is 12.6. The minimum atomic E-state index is -0.419. The smallest absolute Gasteiger partial charge is 0.109 e. The fourth-order valence-electron chi connectivity index (χ4n) is 4.12. The van der Waals surface area contributed by atoms with E-state index in [2.05, 4.69) is 34.8 Å². The fourth-order valence-corrected chi connectivity index (χ4v) is 6.50. The molecular weight excluding hydrogens is 431 g/mol. The predicted molar refractivity (Wildman–Crippen MR) is 125 cm³/mol. The van der Waals surface area contributed by atoms with Gasteiger partial charge in [-0.3, -0.25) is 4.68 Å². The Bertz CT molecular complexity index is 1010. The Labute approximate surface area is 190 Å². The highest BCUT2D eigenvalue weighted by molar-refractivity contribution is 8.00. The zero-order chi connectivity index (χ0) is 21.0. The number of anilines is 2. The standard InChI is InChI=1S/C23H27FN4OS2/c24-8-9-28-13-18(11-26-28)27-17-6-7-20(21(10-17)30-19-14-29-15-19)22-12-25-23(31-22)16-4-2-1-3-5-16/h6-7,10-13,16,19,27H,1-5,8-9,14-15H2. The molecule has 1 aliphatic heterocycles. The highest BCUT2D eigenvalue weighted by Gasteiger charge is 2.23. The Morgan fingerprint density at radius 1 is 1.16 bits per heavy atom. The SMILES string of the molecule is FCCn1cc(Nc2ccc(-c3cnc(C4CCCCC4)s3)c(SC3COC3)c2)cn1. The van der Waals surface area contributed by atoms with E-state index in [0.29, 0.717) is 11.2 Å². The van der Waals surface area contributed by atoms with Crippen LogP contribution in [-0.2, 0) is 11.3 Å². The van der Waals surface area contributed by atoms with Crippen LogP contribution < -0.4 is 5.32 Å². The van der Waals surface area contributed by atoms with Crippen LogP contribution in [0.4, 0.5) is 15.8 Å². The molecule has 2 aliphatic rings. The van der Waals surface area contributed by atoms with Gasteiger partial charge in [0.15, 0.2) is 0 Å². The van der Waals surface area contributed by atoms with Gasteiger partial charge in [0, 0.05) is 34.5 Å². The van der Waals surface area contributed by atoms with Gasteiger partial charge in [-0.15, -0.1) is 23.1 Å². The molecule has 164 valence electrons. The summed E-state index contributed by atoms with van der Waals surface area (Å²) in [7, 11) is 0. The van der Waals surface area contributed by atoms with Gasteiger partial charge in [-0.05, 0) is 25.0 Å². The molecule has 3 heterocycles. The number of hydrogen-bond donors (Lipinski definition) is 1. The summed E-state index contributed by atoms with van der Waals surface area (Å²) >= 11 is 3.73. The lowest BCUT2D eigenvalue weighted by Gasteiger charge is -2.26. The number of alkyl halides is 1. The van der Waals surface area contributed by atoms with Crippen molar-refractivity contribution in [3.63, 3.8) is 0 Å². The summed E-state index contributed by atoms with van der Waals surface area (Å²) in [6, 6.07) is 6.49. The van der Waals surface area contributed by atoms with Crippen LogP contribution in [0.3, 0.4) is 0 Å². The van der Waals surface area contributed by atoms with E-state index in [9.17, 15) is 4.39 Å². The first-order valence-corrected chi connectivity index (χ1v) is 12.7. The zero-order valence-electron chi connectivity index (χ0n) is 17.4. The van der Waals surface area contributed by atoms with Crippen molar-refractivity contribution in [2.75, 3.05) is 25.2 Å². The van der Waals surface area contributed by atoms with E-state index >= 15 is 0 Å². The lowest BCUT2D eigenvalue weighted by Crippen LogP contribution is -2.30. The number of rotatable bonds is 8. The molecule has 8 heteroatoms. The molecule has 0 amide bonds. The van der Waals surface area contributed by atoms with Crippen molar-refractivity contribution < 1.29 is 9.13 Å². The quantitative estimate of drug-likeness (QED) is 0.432. The van der Waals surface area contributed by atoms with Gasteiger partial charge in [0.1, 0.15) is 6.67 Å². The van der Waals surface area contributed by atoms with E-state index in [1.807, 2.05) is 29.3 Å². The number of thiazole rings is 1. The third kappa shape index (κ3) is 4.96. The van der Waals surface area contributed by atoms with Crippen LogP contribution in [0.1, 0.15) is 43.0 Å². The van der Waals surface area contributed by atoms with E-state index in [0.717, 1.165) is 24.6 Å². The summed E-state index contributed by atoms with van der Waals surface area (Å²) in [4.78, 5) is 7.29. The highest BCUT2D eigenvalue weighted by atomic mass is 32.2. The Hall–Kier alpha value is -1.90. The van der Waals surface area contributed by atoms with Crippen LogP contribution in [0.15, 0.2) is 41.7 Å². The van der Waals surface area contributed by atoms with Gasteiger partial charge in [0.2, 0.25) is 0 Å². The molecule has 3 aromatic rings. The van der Waals surface area contributed by atoms with Crippen molar-refractivity contribution in [3.05, 3.63) is 41.8 Å². The van der Waals surface area contributed by atoms with Crippen LogP contribution in [0.2, 0.25) is 0 Å². The minimum Gasteiger partial charge on any atom is -0.379 e. The number of aryl methyl sites for hydroxylation is 1. The van der Waals surface area contributed by atoms with Crippen molar-refractivity contribution in [1.82, 2.24) is 14.8 Å². The van der Waals surface area contributed by atoms with E-state index < -0.39 is 6.67 Å². The van der Waals surface area contributed by atoms with Crippen LogP contribution in [-0.4, -0.2) is 39.9 Å². The maximum absolute atomic E-state index is 12.6. The number of thioether (sulfide) groups is 1. The average molecular weight is 459 g/mol. The molecule has 2 fully saturated rings. The third-order valence-electron chi connectivity index (χ3n) is 5.86. The molecular formula is C23H27FN4OS2. The number of hydrogen-bond acceptors (Lipinski definition) is 6. The Balaban J connectivity index is 1.39. The van der Waals surface area contributed by atoms with Gasteiger partial charge >= 0.3 is 0 Å². The third-order valence-corrected chi connectivity index (χ3v) is 8.25. The number of benzene rings is 1. The van der Waals surface area contributed by atoms with Crippen LogP contribution in [0, 0.1) is 0 Å².